The first-order valence-corrected chi connectivity index (χ1v) is 8.79. The van der Waals surface area contributed by atoms with Crippen molar-refractivity contribution in [1.29, 1.82) is 0 Å². The van der Waals surface area contributed by atoms with Crippen molar-refractivity contribution < 1.29 is 4.79 Å². The zero-order valence-corrected chi connectivity index (χ0v) is 14.5. The van der Waals surface area contributed by atoms with Crippen molar-refractivity contribution >= 4 is 22.6 Å². The number of nitrogens with one attached hydrogen (secondary N) is 1. The number of aromatic nitrogens is 3. The highest BCUT2D eigenvalue weighted by Crippen LogP contribution is 2.21. The Morgan fingerprint density at radius 3 is 2.31 bits per heavy atom. The van der Waals surface area contributed by atoms with Crippen LogP contribution >= 0.6 is 11.5 Å². The fourth-order valence-electron chi connectivity index (χ4n) is 2.49. The van der Waals surface area contributed by atoms with Gasteiger partial charge in [-0.2, -0.15) is 9.36 Å². The van der Waals surface area contributed by atoms with Crippen LogP contribution in [0.5, 0.6) is 0 Å². The molecule has 0 bridgehead atoms. The summed E-state index contributed by atoms with van der Waals surface area (Å²) in [5.74, 6) is 0.290. The summed E-state index contributed by atoms with van der Waals surface area (Å²) < 4.78 is 4.24. The minimum Gasteiger partial charge on any atom is -0.297 e. The Kier molecular flexibility index (Phi) is 4.49. The predicted molar refractivity (Wildman–Crippen MR) is 103 cm³/mol. The number of hydrogen-bond donors (Lipinski definition) is 1. The maximum Gasteiger partial charge on any atom is 0.257 e. The van der Waals surface area contributed by atoms with E-state index in [0.717, 1.165) is 22.7 Å². The Morgan fingerprint density at radius 1 is 0.846 bits per heavy atom. The molecule has 0 radical (unpaired) electrons. The molecule has 4 aromatic rings. The van der Waals surface area contributed by atoms with Gasteiger partial charge in [-0.15, -0.1) is 0 Å². The third-order valence-corrected chi connectivity index (χ3v) is 4.43. The lowest BCUT2D eigenvalue weighted by Crippen LogP contribution is -2.11. The molecule has 2 aromatic heterocycles. The normalized spacial score (nSPS) is 10.5. The number of amides is 1. The molecule has 2 heterocycles. The highest BCUT2D eigenvalue weighted by atomic mass is 32.1. The van der Waals surface area contributed by atoms with Crippen molar-refractivity contribution in [1.82, 2.24) is 14.3 Å². The molecule has 1 N–H and O–H groups in total. The van der Waals surface area contributed by atoms with Gasteiger partial charge in [-0.25, -0.2) is 0 Å². The lowest BCUT2D eigenvalue weighted by atomic mass is 10.0. The molecule has 0 unspecified atom stereocenters. The summed E-state index contributed by atoms with van der Waals surface area (Å²) in [6, 6.07) is 23.0. The molecule has 4 rings (SSSR count). The number of benzene rings is 2. The van der Waals surface area contributed by atoms with E-state index in [1.54, 1.807) is 18.3 Å². The van der Waals surface area contributed by atoms with Crippen molar-refractivity contribution in [2.75, 3.05) is 5.32 Å². The van der Waals surface area contributed by atoms with E-state index in [2.05, 4.69) is 19.7 Å². The summed E-state index contributed by atoms with van der Waals surface area (Å²) in [5.41, 5.74) is 3.43. The lowest BCUT2D eigenvalue weighted by molar-refractivity contribution is 0.102. The molecule has 126 valence electrons. The van der Waals surface area contributed by atoms with Crippen molar-refractivity contribution in [3.8, 4) is 22.6 Å². The topological polar surface area (TPSA) is 67.8 Å². The Hall–Kier alpha value is -3.38. The van der Waals surface area contributed by atoms with Gasteiger partial charge >= 0.3 is 0 Å². The number of nitrogens with zero attached hydrogens (tertiary/aromatic N) is 3. The van der Waals surface area contributed by atoms with Gasteiger partial charge in [0.2, 0.25) is 5.13 Å². The van der Waals surface area contributed by atoms with Crippen molar-refractivity contribution in [2.24, 2.45) is 0 Å². The Labute approximate surface area is 154 Å². The van der Waals surface area contributed by atoms with Crippen LogP contribution in [-0.4, -0.2) is 20.2 Å². The lowest BCUT2D eigenvalue weighted by Gasteiger charge is -2.04. The number of anilines is 1. The van der Waals surface area contributed by atoms with Gasteiger partial charge in [0, 0.05) is 23.3 Å². The summed E-state index contributed by atoms with van der Waals surface area (Å²) in [7, 11) is 0. The standard InChI is InChI=1S/C20H14N4OS/c25-19(16-11-9-15(10-12-16)14-6-2-1-3-7-14)23-20-22-18(24-26-20)17-8-4-5-13-21-17/h1-13H,(H,22,23,24,25). The van der Waals surface area contributed by atoms with Gasteiger partial charge in [0.15, 0.2) is 5.82 Å². The second-order valence-corrected chi connectivity index (χ2v) is 6.29. The van der Waals surface area contributed by atoms with Crippen LogP contribution in [0.15, 0.2) is 79.0 Å². The highest BCUT2D eigenvalue weighted by molar-refractivity contribution is 7.10. The van der Waals surface area contributed by atoms with E-state index < -0.39 is 0 Å². The van der Waals surface area contributed by atoms with E-state index in [-0.39, 0.29) is 5.91 Å². The van der Waals surface area contributed by atoms with E-state index in [0.29, 0.717) is 22.2 Å². The van der Waals surface area contributed by atoms with Crippen LogP contribution in [0.25, 0.3) is 22.6 Å². The molecule has 0 atom stereocenters. The highest BCUT2D eigenvalue weighted by Gasteiger charge is 2.12. The number of rotatable bonds is 4. The molecule has 1 amide bonds. The fourth-order valence-corrected chi connectivity index (χ4v) is 3.06. The second kappa shape index (κ2) is 7.25. The Morgan fingerprint density at radius 2 is 1.58 bits per heavy atom. The van der Waals surface area contributed by atoms with Crippen LogP contribution in [-0.2, 0) is 0 Å². The molecule has 0 saturated carbocycles. The van der Waals surface area contributed by atoms with Crippen LogP contribution in [0.2, 0.25) is 0 Å². The predicted octanol–water partition coefficient (Wildman–Crippen LogP) is 4.52. The minimum absolute atomic E-state index is 0.215. The van der Waals surface area contributed by atoms with Crippen molar-refractivity contribution in [3.05, 3.63) is 84.6 Å². The molecule has 0 spiro atoms. The third-order valence-electron chi connectivity index (χ3n) is 3.79. The van der Waals surface area contributed by atoms with Crippen LogP contribution in [0.1, 0.15) is 10.4 Å². The van der Waals surface area contributed by atoms with Crippen molar-refractivity contribution in [3.63, 3.8) is 0 Å². The van der Waals surface area contributed by atoms with Crippen LogP contribution in [0.3, 0.4) is 0 Å². The zero-order chi connectivity index (χ0) is 17.8. The van der Waals surface area contributed by atoms with Gasteiger partial charge in [-0.05, 0) is 35.4 Å². The smallest absolute Gasteiger partial charge is 0.257 e. The molecule has 0 fully saturated rings. The molecular formula is C20H14N4OS. The quantitative estimate of drug-likeness (QED) is 0.582. The SMILES string of the molecule is O=C(Nc1nc(-c2ccccn2)ns1)c1ccc(-c2ccccc2)cc1. The summed E-state index contributed by atoms with van der Waals surface area (Å²) in [6.45, 7) is 0. The van der Waals surface area contributed by atoms with E-state index in [4.69, 9.17) is 0 Å². The average Bonchev–Trinajstić information content (AvgIpc) is 3.18. The number of carbonyl (C=O) groups is 1. The first-order chi connectivity index (χ1) is 12.8. The Bertz CT molecular complexity index is 1010. The maximum atomic E-state index is 12.4. The van der Waals surface area contributed by atoms with Crippen LogP contribution < -0.4 is 5.32 Å². The molecule has 26 heavy (non-hydrogen) atoms. The first-order valence-electron chi connectivity index (χ1n) is 8.01. The number of hydrogen-bond acceptors (Lipinski definition) is 5. The zero-order valence-electron chi connectivity index (χ0n) is 13.7. The molecule has 0 aliphatic heterocycles. The van der Waals surface area contributed by atoms with Crippen LogP contribution in [0, 0.1) is 0 Å². The third kappa shape index (κ3) is 3.50. The summed E-state index contributed by atoms with van der Waals surface area (Å²) in [4.78, 5) is 21.0. The fraction of sp³-hybridized carbons (Fsp3) is 0. The van der Waals surface area contributed by atoms with Crippen molar-refractivity contribution in [2.45, 2.75) is 0 Å². The number of carbonyl (C=O) groups excluding carboxylic acids is 1. The summed E-state index contributed by atoms with van der Waals surface area (Å²) >= 11 is 1.13. The molecule has 2 aromatic carbocycles. The molecular weight excluding hydrogens is 344 g/mol. The number of pyridine rings is 1. The van der Waals surface area contributed by atoms with Gasteiger partial charge in [0.25, 0.3) is 5.91 Å². The van der Waals surface area contributed by atoms with E-state index in [1.165, 1.54) is 0 Å². The Balaban J connectivity index is 1.48. The largest absolute Gasteiger partial charge is 0.297 e. The van der Waals surface area contributed by atoms with Gasteiger partial charge in [0.1, 0.15) is 5.69 Å². The first kappa shape index (κ1) is 16.1. The summed E-state index contributed by atoms with van der Waals surface area (Å²) in [5, 5.41) is 3.23. The molecule has 5 nitrogen and oxygen atoms in total. The van der Waals surface area contributed by atoms with Crippen LogP contribution in [0.4, 0.5) is 5.13 Å². The minimum atomic E-state index is -0.215. The van der Waals surface area contributed by atoms with Gasteiger partial charge in [0.05, 0.1) is 0 Å². The van der Waals surface area contributed by atoms with Gasteiger partial charge < -0.3 is 0 Å². The maximum absolute atomic E-state index is 12.4. The average molecular weight is 358 g/mol. The monoisotopic (exact) mass is 358 g/mol. The van der Waals surface area contributed by atoms with Gasteiger partial charge in [-0.1, -0.05) is 48.5 Å². The second-order valence-electron chi connectivity index (χ2n) is 5.54. The van der Waals surface area contributed by atoms with E-state index in [1.807, 2.05) is 60.7 Å². The summed E-state index contributed by atoms with van der Waals surface area (Å²) in [6.07, 6.45) is 1.68. The van der Waals surface area contributed by atoms with E-state index >= 15 is 0 Å². The molecule has 0 aliphatic rings. The van der Waals surface area contributed by atoms with Gasteiger partial charge in [-0.3, -0.25) is 15.1 Å². The molecule has 6 heteroatoms. The molecule has 0 saturated heterocycles. The molecule has 0 aliphatic carbocycles. The van der Waals surface area contributed by atoms with E-state index in [9.17, 15) is 4.79 Å².